The predicted octanol–water partition coefficient (Wildman–Crippen LogP) is 3.05. The second-order valence-electron chi connectivity index (χ2n) is 10.1. The molecular formula is C23H37N3O6. The molecule has 32 heavy (non-hydrogen) atoms. The van der Waals surface area contributed by atoms with Crippen molar-refractivity contribution in [3.63, 3.8) is 0 Å². The first kappa shape index (κ1) is 27.5. The van der Waals surface area contributed by atoms with Crippen LogP contribution in [0.4, 0.5) is 0 Å². The van der Waals surface area contributed by atoms with Crippen molar-refractivity contribution in [2.45, 2.75) is 92.1 Å². The van der Waals surface area contributed by atoms with Gasteiger partial charge in [0.1, 0.15) is 5.60 Å². The van der Waals surface area contributed by atoms with Gasteiger partial charge in [0.2, 0.25) is 0 Å². The number of carbonyl (C=O) groups excluding carboxylic acids is 3. The molecule has 1 heterocycles. The Morgan fingerprint density at radius 2 is 1.66 bits per heavy atom. The van der Waals surface area contributed by atoms with E-state index in [-0.39, 0.29) is 12.4 Å². The van der Waals surface area contributed by atoms with Gasteiger partial charge < -0.3 is 14.8 Å². The van der Waals surface area contributed by atoms with Crippen molar-refractivity contribution in [2.24, 2.45) is 0 Å². The quantitative estimate of drug-likeness (QED) is 0.548. The maximum absolute atomic E-state index is 13.0. The van der Waals surface area contributed by atoms with Crippen LogP contribution in [0.1, 0.15) is 69.2 Å². The van der Waals surface area contributed by atoms with Crippen molar-refractivity contribution in [3.8, 4) is 0 Å². The second kappa shape index (κ2) is 9.95. The molecule has 0 saturated carbocycles. The molecule has 0 aliphatic carbocycles. The largest absolute Gasteiger partial charge is 0.458 e. The minimum absolute atomic E-state index is 0.106. The molecule has 1 atom stereocenters. The Kier molecular flexibility index (Phi) is 8.56. The SMILES string of the molecule is C/C=C\C1=C(C)C(=N)N(OC(C)(C)C(=O)NC(COC(C)(C)C)C(=O)OC(C)(C)C)C1=O. The molecule has 9 nitrogen and oxygen atoms in total. The summed E-state index contributed by atoms with van der Waals surface area (Å²) in [6, 6.07) is -1.09. The van der Waals surface area contributed by atoms with Crippen LogP contribution in [0, 0.1) is 5.41 Å². The van der Waals surface area contributed by atoms with E-state index in [4.69, 9.17) is 19.7 Å². The van der Waals surface area contributed by atoms with Crippen LogP contribution < -0.4 is 5.32 Å². The van der Waals surface area contributed by atoms with Gasteiger partial charge in [0, 0.05) is 11.1 Å². The minimum Gasteiger partial charge on any atom is -0.458 e. The van der Waals surface area contributed by atoms with E-state index < -0.39 is 40.6 Å². The topological polar surface area (TPSA) is 118 Å². The Morgan fingerprint density at radius 3 is 2.12 bits per heavy atom. The van der Waals surface area contributed by atoms with E-state index >= 15 is 0 Å². The lowest BCUT2D eigenvalue weighted by molar-refractivity contribution is -0.200. The smallest absolute Gasteiger partial charge is 0.331 e. The molecule has 1 aliphatic heterocycles. The molecule has 2 N–H and O–H groups in total. The van der Waals surface area contributed by atoms with Gasteiger partial charge in [-0.3, -0.25) is 15.0 Å². The van der Waals surface area contributed by atoms with Crippen LogP contribution in [0.25, 0.3) is 0 Å². The van der Waals surface area contributed by atoms with E-state index in [1.165, 1.54) is 13.8 Å². The lowest BCUT2D eigenvalue weighted by Gasteiger charge is -2.32. The van der Waals surface area contributed by atoms with Crippen molar-refractivity contribution in [1.29, 1.82) is 5.41 Å². The monoisotopic (exact) mass is 451 g/mol. The molecule has 1 aliphatic rings. The zero-order chi connectivity index (χ0) is 25.1. The van der Waals surface area contributed by atoms with Crippen LogP contribution in [-0.2, 0) is 28.7 Å². The highest BCUT2D eigenvalue weighted by atomic mass is 16.7. The molecule has 0 aromatic rings. The number of carbonyl (C=O) groups is 3. The number of hydrogen-bond acceptors (Lipinski definition) is 7. The van der Waals surface area contributed by atoms with Gasteiger partial charge in [0.05, 0.1) is 12.2 Å². The number of hydrogen-bond donors (Lipinski definition) is 2. The van der Waals surface area contributed by atoms with Gasteiger partial charge in [0.15, 0.2) is 17.5 Å². The van der Waals surface area contributed by atoms with Crippen molar-refractivity contribution in [3.05, 3.63) is 23.3 Å². The molecule has 0 radical (unpaired) electrons. The van der Waals surface area contributed by atoms with E-state index in [1.54, 1.807) is 46.8 Å². The second-order valence-corrected chi connectivity index (χ2v) is 10.1. The van der Waals surface area contributed by atoms with Crippen molar-refractivity contribution < 1.29 is 28.7 Å². The molecule has 0 aromatic carbocycles. The van der Waals surface area contributed by atoms with Crippen LogP contribution in [-0.4, -0.2) is 58.1 Å². The normalized spacial score (nSPS) is 16.8. The lowest BCUT2D eigenvalue weighted by Crippen LogP contribution is -2.56. The molecule has 0 aromatic heterocycles. The zero-order valence-electron chi connectivity index (χ0n) is 20.8. The first-order valence-corrected chi connectivity index (χ1v) is 10.5. The summed E-state index contributed by atoms with van der Waals surface area (Å²) in [6.07, 6.45) is 3.27. The number of hydroxylamine groups is 2. The molecule has 9 heteroatoms. The summed E-state index contributed by atoms with van der Waals surface area (Å²) < 4.78 is 11.1. The van der Waals surface area contributed by atoms with Crippen LogP contribution in [0.5, 0.6) is 0 Å². The van der Waals surface area contributed by atoms with Gasteiger partial charge in [-0.25, -0.2) is 9.63 Å². The number of allylic oxidation sites excluding steroid dienone is 1. The van der Waals surface area contributed by atoms with Crippen LogP contribution >= 0.6 is 0 Å². The van der Waals surface area contributed by atoms with Crippen LogP contribution in [0.2, 0.25) is 0 Å². The standard InChI is InChI=1S/C23H37N3O6/c1-11-12-15-14(2)17(24)26(18(15)27)32-23(9,10)20(29)25-16(13-30-21(3,4)5)19(28)31-22(6,7)8/h11-12,16,24H,13H2,1-10H3,(H,25,29)/b12-11-,24-17?. The third kappa shape index (κ3) is 7.56. The average molecular weight is 452 g/mol. The summed E-state index contributed by atoms with van der Waals surface area (Å²) in [4.78, 5) is 44.0. The summed E-state index contributed by atoms with van der Waals surface area (Å²) in [5.41, 5.74) is -2.11. The fourth-order valence-electron chi connectivity index (χ4n) is 2.58. The summed E-state index contributed by atoms with van der Waals surface area (Å²) >= 11 is 0. The highest BCUT2D eigenvalue weighted by Crippen LogP contribution is 2.26. The lowest BCUT2D eigenvalue weighted by atomic mass is 10.1. The number of nitrogens with zero attached hydrogens (tertiary/aromatic N) is 1. The van der Waals surface area contributed by atoms with Gasteiger partial charge in [-0.05, 0) is 69.2 Å². The maximum Gasteiger partial charge on any atom is 0.331 e. The number of rotatable bonds is 8. The first-order chi connectivity index (χ1) is 14.4. The summed E-state index contributed by atoms with van der Waals surface area (Å²) in [6.45, 7) is 16.8. The van der Waals surface area contributed by atoms with Crippen molar-refractivity contribution >= 4 is 23.6 Å². The summed E-state index contributed by atoms with van der Waals surface area (Å²) in [7, 11) is 0. The van der Waals surface area contributed by atoms with Gasteiger partial charge >= 0.3 is 5.97 Å². The van der Waals surface area contributed by atoms with Gasteiger partial charge in [-0.1, -0.05) is 12.2 Å². The number of amides is 2. The van der Waals surface area contributed by atoms with Gasteiger partial charge in [0.25, 0.3) is 11.8 Å². The minimum atomic E-state index is -1.57. The van der Waals surface area contributed by atoms with E-state index in [0.29, 0.717) is 11.1 Å². The molecule has 0 fully saturated rings. The van der Waals surface area contributed by atoms with Crippen LogP contribution in [0.3, 0.4) is 0 Å². The third-order valence-electron chi connectivity index (χ3n) is 4.26. The predicted molar refractivity (Wildman–Crippen MR) is 121 cm³/mol. The van der Waals surface area contributed by atoms with E-state index in [9.17, 15) is 14.4 Å². The zero-order valence-corrected chi connectivity index (χ0v) is 20.8. The Morgan fingerprint density at radius 1 is 1.09 bits per heavy atom. The Labute approximate surface area is 190 Å². The molecule has 1 rings (SSSR count). The Hall–Kier alpha value is -2.52. The molecule has 180 valence electrons. The van der Waals surface area contributed by atoms with Gasteiger partial charge in [-0.2, -0.15) is 5.06 Å². The van der Waals surface area contributed by atoms with Crippen molar-refractivity contribution in [1.82, 2.24) is 10.4 Å². The molecular weight excluding hydrogens is 414 g/mol. The number of nitrogens with one attached hydrogen (secondary N) is 2. The number of amidine groups is 1. The molecule has 1 unspecified atom stereocenters. The Bertz CT molecular complexity index is 828. The number of esters is 1. The average Bonchev–Trinajstić information content (AvgIpc) is 2.80. The van der Waals surface area contributed by atoms with E-state index in [0.717, 1.165) is 5.06 Å². The fourth-order valence-corrected chi connectivity index (χ4v) is 2.58. The van der Waals surface area contributed by atoms with E-state index in [2.05, 4.69) is 5.32 Å². The van der Waals surface area contributed by atoms with Crippen molar-refractivity contribution in [2.75, 3.05) is 6.61 Å². The Balaban J connectivity index is 3.01. The maximum atomic E-state index is 13.0. The van der Waals surface area contributed by atoms with E-state index in [1.807, 2.05) is 20.8 Å². The highest BCUT2D eigenvalue weighted by Gasteiger charge is 2.42. The third-order valence-corrected chi connectivity index (χ3v) is 4.26. The molecule has 0 bridgehead atoms. The first-order valence-electron chi connectivity index (χ1n) is 10.5. The molecule has 0 saturated heterocycles. The summed E-state index contributed by atoms with van der Waals surface area (Å²) in [5, 5.41) is 11.6. The molecule has 0 spiro atoms. The highest BCUT2D eigenvalue weighted by molar-refractivity contribution is 6.20. The molecule has 2 amide bonds. The van der Waals surface area contributed by atoms with Gasteiger partial charge in [-0.15, -0.1) is 0 Å². The fraction of sp³-hybridized carbons (Fsp3) is 0.652. The van der Waals surface area contributed by atoms with Crippen LogP contribution in [0.15, 0.2) is 23.3 Å². The number of ether oxygens (including phenoxy) is 2. The summed E-state index contributed by atoms with van der Waals surface area (Å²) in [5.74, 6) is -2.00.